The molecule has 1 rings (SSSR count). The molecule has 0 amide bonds. The van der Waals surface area contributed by atoms with Gasteiger partial charge in [0.25, 0.3) is 0 Å². The highest BCUT2D eigenvalue weighted by molar-refractivity contribution is 9.10. The molecule has 0 saturated heterocycles. The molecule has 0 spiro atoms. The van der Waals surface area contributed by atoms with E-state index < -0.39 is 0 Å². The van der Waals surface area contributed by atoms with E-state index in [0.29, 0.717) is 19.3 Å². The van der Waals surface area contributed by atoms with Gasteiger partial charge in [-0.3, -0.25) is 0 Å². The summed E-state index contributed by atoms with van der Waals surface area (Å²) in [5.41, 5.74) is 1.14. The monoisotopic (exact) mass is 315 g/mol. The Morgan fingerprint density at radius 2 is 2.11 bits per heavy atom. The summed E-state index contributed by atoms with van der Waals surface area (Å²) in [6, 6.07) is 6.03. The number of ether oxygens (including phenoxy) is 2. The van der Waals surface area contributed by atoms with Gasteiger partial charge < -0.3 is 14.8 Å². The van der Waals surface area contributed by atoms with Crippen LogP contribution >= 0.6 is 15.9 Å². The first-order valence-corrected chi connectivity index (χ1v) is 7.12. The smallest absolute Gasteiger partial charge is 0.189 e. The maximum atomic E-state index is 5.61. The van der Waals surface area contributed by atoms with Crippen LogP contribution in [-0.4, -0.2) is 19.9 Å². The first kappa shape index (κ1) is 15.5. The Morgan fingerprint density at radius 3 is 2.78 bits per heavy atom. The molecular weight excluding hydrogens is 294 g/mol. The number of nitrogens with one attached hydrogen (secondary N) is 1. The highest BCUT2D eigenvalue weighted by Gasteiger charge is 2.05. The van der Waals surface area contributed by atoms with Crippen LogP contribution in [0, 0.1) is 5.92 Å². The van der Waals surface area contributed by atoms with Crippen molar-refractivity contribution in [2.45, 2.75) is 27.3 Å². The molecule has 0 bridgehead atoms. The van der Waals surface area contributed by atoms with Gasteiger partial charge in [-0.05, 0) is 37.6 Å². The van der Waals surface area contributed by atoms with Crippen LogP contribution in [-0.2, 0) is 11.3 Å². The van der Waals surface area contributed by atoms with Gasteiger partial charge in [0.2, 0.25) is 0 Å². The average molecular weight is 316 g/mol. The minimum atomic E-state index is 0.301. The molecule has 0 aliphatic carbocycles. The van der Waals surface area contributed by atoms with Crippen molar-refractivity contribution < 1.29 is 9.47 Å². The molecule has 0 fully saturated rings. The highest BCUT2D eigenvalue weighted by atomic mass is 79.9. The second-order valence-corrected chi connectivity index (χ2v) is 5.45. The van der Waals surface area contributed by atoms with E-state index in [2.05, 4.69) is 41.2 Å². The van der Waals surface area contributed by atoms with Crippen molar-refractivity contribution in [3.63, 3.8) is 0 Å². The highest BCUT2D eigenvalue weighted by Crippen LogP contribution is 2.23. The summed E-state index contributed by atoms with van der Waals surface area (Å²) in [5.74, 6) is 1.52. The molecule has 0 saturated carbocycles. The van der Waals surface area contributed by atoms with Gasteiger partial charge in [0, 0.05) is 23.2 Å². The quantitative estimate of drug-likeness (QED) is 0.587. The van der Waals surface area contributed by atoms with E-state index in [-0.39, 0.29) is 0 Å². The zero-order chi connectivity index (χ0) is 13.4. The van der Waals surface area contributed by atoms with E-state index >= 15 is 0 Å². The maximum absolute atomic E-state index is 5.61. The fourth-order valence-corrected chi connectivity index (χ4v) is 1.92. The lowest BCUT2D eigenvalue weighted by atomic mass is 10.2. The molecule has 0 heterocycles. The van der Waals surface area contributed by atoms with E-state index in [1.165, 1.54) is 0 Å². The average Bonchev–Trinajstić information content (AvgIpc) is 2.31. The van der Waals surface area contributed by atoms with Crippen LogP contribution in [0.5, 0.6) is 5.75 Å². The number of benzene rings is 1. The van der Waals surface area contributed by atoms with Gasteiger partial charge in [-0.2, -0.15) is 0 Å². The Bertz CT molecular complexity index is 356. The normalized spacial score (nSPS) is 10.9. The summed E-state index contributed by atoms with van der Waals surface area (Å²) < 4.78 is 11.9. The minimum absolute atomic E-state index is 0.301. The van der Waals surface area contributed by atoms with Crippen LogP contribution in [0.3, 0.4) is 0 Å². The number of rotatable bonds is 8. The van der Waals surface area contributed by atoms with Crippen molar-refractivity contribution in [1.82, 2.24) is 5.32 Å². The predicted molar refractivity (Wildman–Crippen MR) is 77.8 cm³/mol. The summed E-state index contributed by atoms with van der Waals surface area (Å²) in [5, 5.41) is 3.42. The Hall–Kier alpha value is -0.580. The molecule has 1 aromatic rings. The Labute approximate surface area is 118 Å². The third-order valence-corrected chi connectivity index (χ3v) is 2.89. The van der Waals surface area contributed by atoms with Crippen LogP contribution in [0.1, 0.15) is 26.3 Å². The third kappa shape index (κ3) is 5.85. The van der Waals surface area contributed by atoms with Gasteiger partial charge in [0.05, 0.1) is 0 Å². The summed E-state index contributed by atoms with van der Waals surface area (Å²) in [6.45, 7) is 9.11. The molecule has 4 heteroatoms. The molecule has 0 unspecified atom stereocenters. The topological polar surface area (TPSA) is 30.5 Å². The van der Waals surface area contributed by atoms with Crippen molar-refractivity contribution in [2.24, 2.45) is 5.92 Å². The Morgan fingerprint density at radius 1 is 1.33 bits per heavy atom. The van der Waals surface area contributed by atoms with E-state index in [4.69, 9.17) is 9.47 Å². The van der Waals surface area contributed by atoms with E-state index in [9.17, 15) is 0 Å². The lowest BCUT2D eigenvalue weighted by molar-refractivity contribution is 0.0218. The summed E-state index contributed by atoms with van der Waals surface area (Å²) in [6.07, 6.45) is 0. The fourth-order valence-electron chi connectivity index (χ4n) is 1.51. The first-order valence-electron chi connectivity index (χ1n) is 6.33. The standard InChI is InChI=1S/C14H22BrNO2/c1-4-17-10-18-14-6-5-13(15)7-12(14)9-16-8-11(2)3/h5-7,11,16H,4,8-10H2,1-3H3. The van der Waals surface area contributed by atoms with Gasteiger partial charge in [-0.25, -0.2) is 0 Å². The van der Waals surface area contributed by atoms with Crippen molar-refractivity contribution in [1.29, 1.82) is 0 Å². The summed E-state index contributed by atoms with van der Waals surface area (Å²) in [4.78, 5) is 0. The molecule has 0 aliphatic heterocycles. The van der Waals surface area contributed by atoms with Crippen LogP contribution in [0.25, 0.3) is 0 Å². The molecule has 18 heavy (non-hydrogen) atoms. The summed E-state index contributed by atoms with van der Waals surface area (Å²) in [7, 11) is 0. The molecule has 102 valence electrons. The minimum Gasteiger partial charge on any atom is -0.467 e. The van der Waals surface area contributed by atoms with Gasteiger partial charge in [-0.15, -0.1) is 0 Å². The van der Waals surface area contributed by atoms with Crippen molar-refractivity contribution in [2.75, 3.05) is 19.9 Å². The van der Waals surface area contributed by atoms with Crippen LogP contribution in [0.2, 0.25) is 0 Å². The number of hydrogen-bond acceptors (Lipinski definition) is 3. The second kappa shape index (κ2) is 8.51. The van der Waals surface area contributed by atoms with Crippen LogP contribution in [0.4, 0.5) is 0 Å². The lowest BCUT2D eigenvalue weighted by Crippen LogP contribution is -2.19. The second-order valence-electron chi connectivity index (χ2n) is 4.53. The molecule has 0 aromatic heterocycles. The molecule has 0 atom stereocenters. The molecule has 1 N–H and O–H groups in total. The van der Waals surface area contributed by atoms with Gasteiger partial charge in [-0.1, -0.05) is 29.8 Å². The van der Waals surface area contributed by atoms with Gasteiger partial charge in [0.15, 0.2) is 6.79 Å². The Kier molecular flexibility index (Phi) is 7.32. The zero-order valence-electron chi connectivity index (χ0n) is 11.3. The number of halogens is 1. The van der Waals surface area contributed by atoms with Crippen LogP contribution in [0.15, 0.2) is 22.7 Å². The summed E-state index contributed by atoms with van der Waals surface area (Å²) >= 11 is 3.48. The molecule has 0 radical (unpaired) electrons. The molecule has 0 aliphatic rings. The van der Waals surface area contributed by atoms with Crippen LogP contribution < -0.4 is 10.1 Å². The largest absolute Gasteiger partial charge is 0.467 e. The lowest BCUT2D eigenvalue weighted by Gasteiger charge is -2.13. The van der Waals surface area contributed by atoms with E-state index in [0.717, 1.165) is 28.9 Å². The zero-order valence-corrected chi connectivity index (χ0v) is 12.9. The molecular formula is C14H22BrNO2. The van der Waals surface area contributed by atoms with Crippen molar-refractivity contribution in [3.05, 3.63) is 28.2 Å². The predicted octanol–water partition coefficient (Wildman–Crippen LogP) is 3.57. The number of hydrogen-bond donors (Lipinski definition) is 1. The SMILES string of the molecule is CCOCOc1ccc(Br)cc1CNCC(C)C. The van der Waals surface area contributed by atoms with E-state index in [1.54, 1.807) is 0 Å². The fraction of sp³-hybridized carbons (Fsp3) is 0.571. The van der Waals surface area contributed by atoms with Gasteiger partial charge in [0.1, 0.15) is 5.75 Å². The van der Waals surface area contributed by atoms with E-state index in [1.807, 2.05) is 19.1 Å². The Balaban J connectivity index is 2.58. The van der Waals surface area contributed by atoms with Crippen molar-refractivity contribution >= 4 is 15.9 Å². The van der Waals surface area contributed by atoms with Gasteiger partial charge >= 0.3 is 0 Å². The van der Waals surface area contributed by atoms with Crippen molar-refractivity contribution in [3.8, 4) is 5.75 Å². The maximum Gasteiger partial charge on any atom is 0.189 e. The third-order valence-electron chi connectivity index (χ3n) is 2.39. The molecule has 1 aromatic carbocycles. The molecule has 3 nitrogen and oxygen atoms in total. The first-order chi connectivity index (χ1) is 8.63.